The van der Waals surface area contributed by atoms with E-state index in [0.29, 0.717) is 26.2 Å². The first kappa shape index (κ1) is 27.3. The zero-order valence-electron chi connectivity index (χ0n) is 22.3. The Labute approximate surface area is 215 Å². The van der Waals surface area contributed by atoms with E-state index in [1.807, 2.05) is 68.3 Å². The Morgan fingerprint density at radius 2 is 1.72 bits per heavy atom. The second kappa shape index (κ2) is 13.7. The molecular weight excluding hydrogens is 450 g/mol. The second-order valence-corrected chi connectivity index (χ2v) is 9.42. The SMILES string of the molecule is CCCCN(CC(=O)N(CCc1c[nH]c2ccccc12)Cc1ccc(OCC)cc1)C(=O)C(C)CC. The van der Waals surface area contributed by atoms with Crippen molar-refractivity contribution in [2.24, 2.45) is 5.92 Å². The van der Waals surface area contributed by atoms with E-state index in [0.717, 1.165) is 42.5 Å². The lowest BCUT2D eigenvalue weighted by atomic mass is 10.1. The molecule has 6 heteroatoms. The van der Waals surface area contributed by atoms with Crippen molar-refractivity contribution in [3.63, 3.8) is 0 Å². The Morgan fingerprint density at radius 3 is 2.42 bits per heavy atom. The summed E-state index contributed by atoms with van der Waals surface area (Å²) in [6.07, 6.45) is 5.41. The molecule has 2 aromatic carbocycles. The average Bonchev–Trinajstić information content (AvgIpc) is 3.32. The molecule has 0 spiro atoms. The predicted molar refractivity (Wildman–Crippen MR) is 146 cm³/mol. The quantitative estimate of drug-likeness (QED) is 0.309. The number of hydrogen-bond donors (Lipinski definition) is 1. The highest BCUT2D eigenvalue weighted by Gasteiger charge is 2.24. The molecule has 1 aromatic heterocycles. The van der Waals surface area contributed by atoms with Crippen LogP contribution in [0.15, 0.2) is 54.7 Å². The van der Waals surface area contributed by atoms with Gasteiger partial charge in [-0.3, -0.25) is 9.59 Å². The van der Waals surface area contributed by atoms with Crippen LogP contribution in [0, 0.1) is 5.92 Å². The third-order valence-electron chi connectivity index (χ3n) is 6.74. The van der Waals surface area contributed by atoms with Crippen molar-refractivity contribution in [2.75, 3.05) is 26.2 Å². The van der Waals surface area contributed by atoms with Crippen LogP contribution in [0.25, 0.3) is 10.9 Å². The zero-order chi connectivity index (χ0) is 25.9. The molecule has 0 bridgehead atoms. The van der Waals surface area contributed by atoms with E-state index in [4.69, 9.17) is 4.74 Å². The summed E-state index contributed by atoms with van der Waals surface area (Å²) in [5.74, 6) is 0.789. The Bertz CT molecular complexity index is 1110. The van der Waals surface area contributed by atoms with Crippen molar-refractivity contribution in [2.45, 2.75) is 59.9 Å². The molecule has 1 heterocycles. The molecule has 0 aliphatic rings. The van der Waals surface area contributed by atoms with E-state index in [9.17, 15) is 9.59 Å². The van der Waals surface area contributed by atoms with E-state index in [1.165, 1.54) is 10.9 Å². The maximum absolute atomic E-state index is 13.6. The first-order chi connectivity index (χ1) is 17.5. The lowest BCUT2D eigenvalue weighted by Gasteiger charge is -2.29. The maximum atomic E-state index is 13.6. The average molecular weight is 492 g/mol. The number of benzene rings is 2. The molecule has 2 amide bonds. The Morgan fingerprint density at radius 1 is 0.972 bits per heavy atom. The molecule has 0 fully saturated rings. The van der Waals surface area contributed by atoms with Gasteiger partial charge in [-0.05, 0) is 55.5 Å². The van der Waals surface area contributed by atoms with Gasteiger partial charge in [0, 0.05) is 42.7 Å². The van der Waals surface area contributed by atoms with Crippen molar-refractivity contribution >= 4 is 22.7 Å². The highest BCUT2D eigenvalue weighted by molar-refractivity contribution is 5.86. The minimum Gasteiger partial charge on any atom is -0.494 e. The lowest BCUT2D eigenvalue weighted by Crippen LogP contribution is -2.45. The second-order valence-electron chi connectivity index (χ2n) is 9.42. The van der Waals surface area contributed by atoms with Crippen LogP contribution in [0.2, 0.25) is 0 Å². The fourth-order valence-electron chi connectivity index (χ4n) is 4.33. The van der Waals surface area contributed by atoms with E-state index >= 15 is 0 Å². The fourth-order valence-corrected chi connectivity index (χ4v) is 4.33. The molecule has 3 rings (SSSR count). The highest BCUT2D eigenvalue weighted by Crippen LogP contribution is 2.20. The Balaban J connectivity index is 1.78. The number of H-pyrrole nitrogens is 1. The summed E-state index contributed by atoms with van der Waals surface area (Å²) < 4.78 is 5.57. The van der Waals surface area contributed by atoms with E-state index in [2.05, 4.69) is 24.0 Å². The summed E-state index contributed by atoms with van der Waals surface area (Å²) in [4.78, 5) is 33.6. The minimum absolute atomic E-state index is 0.0171. The largest absolute Gasteiger partial charge is 0.494 e. The van der Waals surface area contributed by atoms with Crippen LogP contribution in [-0.4, -0.2) is 52.8 Å². The van der Waals surface area contributed by atoms with Gasteiger partial charge in [-0.25, -0.2) is 0 Å². The molecule has 1 unspecified atom stereocenters. The summed E-state index contributed by atoms with van der Waals surface area (Å²) in [6, 6.07) is 16.1. The van der Waals surface area contributed by atoms with Crippen LogP contribution < -0.4 is 4.74 Å². The molecule has 0 aliphatic carbocycles. The molecule has 194 valence electrons. The van der Waals surface area contributed by atoms with E-state index < -0.39 is 0 Å². The number of carbonyl (C=O) groups excluding carboxylic acids is 2. The number of unbranched alkanes of at least 4 members (excludes halogenated alkanes) is 1. The van der Waals surface area contributed by atoms with Gasteiger partial charge < -0.3 is 19.5 Å². The fraction of sp³-hybridized carbons (Fsp3) is 0.467. The van der Waals surface area contributed by atoms with Gasteiger partial charge in [0.2, 0.25) is 11.8 Å². The van der Waals surface area contributed by atoms with Crippen molar-refractivity contribution in [3.05, 3.63) is 65.9 Å². The van der Waals surface area contributed by atoms with Gasteiger partial charge >= 0.3 is 0 Å². The van der Waals surface area contributed by atoms with E-state index in [-0.39, 0.29) is 24.3 Å². The molecule has 36 heavy (non-hydrogen) atoms. The third kappa shape index (κ3) is 7.36. The van der Waals surface area contributed by atoms with Crippen molar-refractivity contribution in [1.82, 2.24) is 14.8 Å². The summed E-state index contributed by atoms with van der Waals surface area (Å²) in [6.45, 7) is 10.4. The van der Waals surface area contributed by atoms with Gasteiger partial charge in [-0.1, -0.05) is 57.5 Å². The van der Waals surface area contributed by atoms with Crippen LogP contribution in [0.5, 0.6) is 5.75 Å². The molecule has 1 atom stereocenters. The first-order valence-electron chi connectivity index (χ1n) is 13.3. The topological polar surface area (TPSA) is 65.6 Å². The van der Waals surface area contributed by atoms with Crippen molar-refractivity contribution < 1.29 is 14.3 Å². The maximum Gasteiger partial charge on any atom is 0.242 e. The zero-order valence-corrected chi connectivity index (χ0v) is 22.3. The van der Waals surface area contributed by atoms with E-state index in [1.54, 1.807) is 4.90 Å². The standard InChI is InChI=1S/C30H41N3O3/c1-5-8-18-33(30(35)23(4)6-2)22-29(34)32(21-24-13-15-26(16-14-24)36-7-3)19-17-25-20-31-28-12-10-9-11-27(25)28/h9-16,20,23,31H,5-8,17-19,21-22H2,1-4H3. The van der Waals surface area contributed by atoms with Gasteiger partial charge in [0.05, 0.1) is 13.2 Å². The lowest BCUT2D eigenvalue weighted by molar-refractivity contribution is -0.143. The number of ether oxygens (including phenoxy) is 1. The van der Waals surface area contributed by atoms with Gasteiger partial charge in [0.1, 0.15) is 5.75 Å². The predicted octanol–water partition coefficient (Wildman–Crippen LogP) is 5.81. The molecule has 3 aromatic rings. The number of rotatable bonds is 14. The molecule has 0 saturated carbocycles. The first-order valence-corrected chi connectivity index (χ1v) is 13.3. The molecule has 6 nitrogen and oxygen atoms in total. The van der Waals surface area contributed by atoms with Crippen LogP contribution in [0.4, 0.5) is 0 Å². The Kier molecular flexibility index (Phi) is 10.4. The number of hydrogen-bond acceptors (Lipinski definition) is 3. The van der Waals surface area contributed by atoms with Crippen molar-refractivity contribution in [1.29, 1.82) is 0 Å². The summed E-state index contributed by atoms with van der Waals surface area (Å²) in [5, 5.41) is 1.18. The van der Waals surface area contributed by atoms with Gasteiger partial charge in [-0.15, -0.1) is 0 Å². The number of carbonyl (C=O) groups is 2. The number of nitrogens with zero attached hydrogens (tertiary/aromatic N) is 2. The Hall–Kier alpha value is -3.28. The third-order valence-corrected chi connectivity index (χ3v) is 6.74. The molecule has 0 saturated heterocycles. The normalized spacial score (nSPS) is 11.9. The van der Waals surface area contributed by atoms with Crippen LogP contribution >= 0.6 is 0 Å². The number of para-hydroxylation sites is 1. The van der Waals surface area contributed by atoms with Gasteiger partial charge in [0.25, 0.3) is 0 Å². The highest BCUT2D eigenvalue weighted by atomic mass is 16.5. The molecule has 1 N–H and O–H groups in total. The monoisotopic (exact) mass is 491 g/mol. The number of aromatic nitrogens is 1. The summed E-state index contributed by atoms with van der Waals surface area (Å²) in [7, 11) is 0. The van der Waals surface area contributed by atoms with Crippen LogP contribution in [0.1, 0.15) is 58.1 Å². The number of amides is 2. The smallest absolute Gasteiger partial charge is 0.242 e. The molecule has 0 aliphatic heterocycles. The molecular formula is C30H41N3O3. The number of aromatic amines is 1. The van der Waals surface area contributed by atoms with Gasteiger partial charge in [-0.2, -0.15) is 0 Å². The van der Waals surface area contributed by atoms with Crippen molar-refractivity contribution in [3.8, 4) is 5.75 Å². The number of nitrogens with one attached hydrogen (secondary N) is 1. The van der Waals surface area contributed by atoms with Crippen LogP contribution in [0.3, 0.4) is 0 Å². The minimum atomic E-state index is -0.0829. The molecule has 0 radical (unpaired) electrons. The summed E-state index contributed by atoms with van der Waals surface area (Å²) >= 11 is 0. The summed E-state index contributed by atoms with van der Waals surface area (Å²) in [5.41, 5.74) is 3.33. The van der Waals surface area contributed by atoms with Crippen LogP contribution in [-0.2, 0) is 22.6 Å². The number of fused-ring (bicyclic) bond motifs is 1. The van der Waals surface area contributed by atoms with Gasteiger partial charge in [0.15, 0.2) is 0 Å².